The summed E-state index contributed by atoms with van der Waals surface area (Å²) in [7, 11) is 0. The van der Waals surface area contributed by atoms with Crippen LogP contribution in [0.2, 0.25) is 0 Å². The molecule has 2 unspecified atom stereocenters. The maximum absolute atomic E-state index is 6.14. The van der Waals surface area contributed by atoms with Gasteiger partial charge < -0.3 is 10.1 Å². The zero-order chi connectivity index (χ0) is 13.9. The normalized spacial score (nSPS) is 28.7. The minimum absolute atomic E-state index is 0.247. The topological polar surface area (TPSA) is 21.3 Å². The Morgan fingerprint density at radius 2 is 1.95 bits per heavy atom. The summed E-state index contributed by atoms with van der Waals surface area (Å²) in [5.74, 6) is 1.67. The van der Waals surface area contributed by atoms with Crippen LogP contribution < -0.4 is 5.32 Å². The van der Waals surface area contributed by atoms with Gasteiger partial charge in [-0.2, -0.15) is 0 Å². The smallest absolute Gasteiger partial charge is 0.0685 e. The first-order valence-corrected chi connectivity index (χ1v) is 8.28. The Labute approximate surface area is 119 Å². The molecule has 1 aliphatic carbocycles. The van der Waals surface area contributed by atoms with Crippen LogP contribution in [-0.4, -0.2) is 24.3 Å². The molecule has 0 aromatic heterocycles. The molecule has 2 atom stereocenters. The lowest BCUT2D eigenvalue weighted by Crippen LogP contribution is -2.40. The largest absolute Gasteiger partial charge is 0.375 e. The van der Waals surface area contributed by atoms with Crippen LogP contribution in [0.15, 0.2) is 0 Å². The molecule has 1 heterocycles. The van der Waals surface area contributed by atoms with E-state index in [9.17, 15) is 0 Å². The van der Waals surface area contributed by atoms with Crippen molar-refractivity contribution < 1.29 is 4.74 Å². The minimum Gasteiger partial charge on any atom is -0.375 e. The highest BCUT2D eigenvalue weighted by Gasteiger charge is 2.39. The van der Waals surface area contributed by atoms with Crippen molar-refractivity contribution in [2.24, 2.45) is 11.8 Å². The Morgan fingerprint density at radius 3 is 2.58 bits per heavy atom. The van der Waals surface area contributed by atoms with E-state index in [1.54, 1.807) is 0 Å². The van der Waals surface area contributed by atoms with Crippen molar-refractivity contribution in [2.45, 2.75) is 83.8 Å². The molecule has 1 saturated carbocycles. The van der Waals surface area contributed by atoms with Gasteiger partial charge in [0.25, 0.3) is 0 Å². The van der Waals surface area contributed by atoms with E-state index in [2.05, 4.69) is 33.0 Å². The second kappa shape index (κ2) is 6.13. The molecule has 0 aromatic carbocycles. The van der Waals surface area contributed by atoms with E-state index in [-0.39, 0.29) is 5.54 Å². The monoisotopic (exact) mass is 267 g/mol. The summed E-state index contributed by atoms with van der Waals surface area (Å²) in [5, 5.41) is 3.64. The van der Waals surface area contributed by atoms with Crippen molar-refractivity contribution in [1.82, 2.24) is 5.32 Å². The molecule has 2 fully saturated rings. The predicted molar refractivity (Wildman–Crippen MR) is 81.4 cm³/mol. The van der Waals surface area contributed by atoms with Gasteiger partial charge in [0.2, 0.25) is 0 Å². The van der Waals surface area contributed by atoms with Gasteiger partial charge in [0.05, 0.1) is 5.60 Å². The second-order valence-corrected chi connectivity index (χ2v) is 8.07. The molecule has 0 radical (unpaired) electrons. The first-order valence-electron chi connectivity index (χ1n) is 8.28. The molecule has 2 aliphatic rings. The SMILES string of the molecule is CC(CNC(C)(C)C)CC1CCOC2(CCCC2)C1. The Morgan fingerprint density at radius 1 is 1.26 bits per heavy atom. The molecule has 1 aliphatic heterocycles. The number of hydrogen-bond donors (Lipinski definition) is 1. The van der Waals surface area contributed by atoms with Gasteiger partial charge in [-0.1, -0.05) is 19.8 Å². The molecule has 0 amide bonds. The van der Waals surface area contributed by atoms with Crippen molar-refractivity contribution in [3.05, 3.63) is 0 Å². The van der Waals surface area contributed by atoms with E-state index in [0.717, 1.165) is 25.0 Å². The Bertz CT molecular complexity index is 275. The van der Waals surface area contributed by atoms with Crippen molar-refractivity contribution in [3.63, 3.8) is 0 Å². The molecule has 1 N–H and O–H groups in total. The highest BCUT2D eigenvalue weighted by atomic mass is 16.5. The predicted octanol–water partition coefficient (Wildman–Crippen LogP) is 4.14. The lowest BCUT2D eigenvalue weighted by atomic mass is 9.80. The third-order valence-corrected chi connectivity index (χ3v) is 4.83. The zero-order valence-electron chi connectivity index (χ0n) is 13.4. The third kappa shape index (κ3) is 4.75. The van der Waals surface area contributed by atoms with Gasteiger partial charge in [-0.15, -0.1) is 0 Å². The molecule has 2 rings (SSSR count). The number of hydrogen-bond acceptors (Lipinski definition) is 2. The van der Waals surface area contributed by atoms with E-state index in [0.29, 0.717) is 5.60 Å². The Kier molecular flexibility index (Phi) is 4.94. The summed E-state index contributed by atoms with van der Waals surface area (Å²) < 4.78 is 6.14. The zero-order valence-corrected chi connectivity index (χ0v) is 13.4. The highest BCUT2D eigenvalue weighted by Crippen LogP contribution is 2.43. The molecule has 0 aromatic rings. The summed E-state index contributed by atoms with van der Waals surface area (Å²) in [6.45, 7) is 11.3. The van der Waals surface area contributed by atoms with Gasteiger partial charge in [0.1, 0.15) is 0 Å². The fourth-order valence-corrected chi connectivity index (χ4v) is 3.83. The number of rotatable bonds is 4. The summed E-state index contributed by atoms with van der Waals surface area (Å²) in [4.78, 5) is 0. The molecule has 1 spiro atoms. The fourth-order valence-electron chi connectivity index (χ4n) is 3.83. The Balaban J connectivity index is 1.75. The molecule has 112 valence electrons. The molecular formula is C17H33NO. The van der Waals surface area contributed by atoms with Crippen molar-refractivity contribution in [1.29, 1.82) is 0 Å². The first-order chi connectivity index (χ1) is 8.89. The van der Waals surface area contributed by atoms with Gasteiger partial charge in [0, 0.05) is 12.1 Å². The highest BCUT2D eigenvalue weighted by molar-refractivity contribution is 4.91. The standard InChI is InChI=1S/C17H33NO/c1-14(13-18-16(2,3)4)11-15-7-10-19-17(12-15)8-5-6-9-17/h14-15,18H,5-13H2,1-4H3. The second-order valence-electron chi connectivity index (χ2n) is 8.07. The molecule has 2 nitrogen and oxygen atoms in total. The minimum atomic E-state index is 0.247. The van der Waals surface area contributed by atoms with Crippen molar-refractivity contribution in [3.8, 4) is 0 Å². The average Bonchev–Trinajstić information content (AvgIpc) is 2.74. The Hall–Kier alpha value is -0.0800. The third-order valence-electron chi connectivity index (χ3n) is 4.83. The van der Waals surface area contributed by atoms with E-state index in [1.165, 1.54) is 44.9 Å². The molecular weight excluding hydrogens is 234 g/mol. The summed E-state index contributed by atoms with van der Waals surface area (Å²) in [6.07, 6.45) is 9.38. The van der Waals surface area contributed by atoms with Gasteiger partial charge in [-0.3, -0.25) is 0 Å². The molecule has 2 heteroatoms. The van der Waals surface area contributed by atoms with Crippen LogP contribution >= 0.6 is 0 Å². The van der Waals surface area contributed by atoms with Crippen LogP contribution in [0.1, 0.15) is 72.6 Å². The van der Waals surface area contributed by atoms with Crippen LogP contribution in [0.4, 0.5) is 0 Å². The quantitative estimate of drug-likeness (QED) is 0.826. The van der Waals surface area contributed by atoms with Crippen molar-refractivity contribution >= 4 is 0 Å². The van der Waals surface area contributed by atoms with Crippen molar-refractivity contribution in [2.75, 3.05) is 13.2 Å². The fraction of sp³-hybridized carbons (Fsp3) is 1.00. The summed E-state index contributed by atoms with van der Waals surface area (Å²) in [5.41, 5.74) is 0.538. The lowest BCUT2D eigenvalue weighted by molar-refractivity contribution is -0.0953. The van der Waals surface area contributed by atoms with Gasteiger partial charge >= 0.3 is 0 Å². The maximum atomic E-state index is 6.14. The summed E-state index contributed by atoms with van der Waals surface area (Å²) >= 11 is 0. The first kappa shape index (κ1) is 15.3. The summed E-state index contributed by atoms with van der Waals surface area (Å²) in [6, 6.07) is 0. The molecule has 19 heavy (non-hydrogen) atoms. The van der Waals surface area contributed by atoms with Crippen LogP contribution in [0.5, 0.6) is 0 Å². The van der Waals surface area contributed by atoms with Gasteiger partial charge in [0.15, 0.2) is 0 Å². The lowest BCUT2D eigenvalue weighted by Gasteiger charge is -2.39. The van der Waals surface area contributed by atoms with Gasteiger partial charge in [-0.25, -0.2) is 0 Å². The molecule has 0 bridgehead atoms. The van der Waals surface area contributed by atoms with E-state index < -0.39 is 0 Å². The molecule has 1 saturated heterocycles. The van der Waals surface area contributed by atoms with Crippen LogP contribution in [-0.2, 0) is 4.74 Å². The van der Waals surface area contributed by atoms with E-state index >= 15 is 0 Å². The van der Waals surface area contributed by atoms with Gasteiger partial charge in [-0.05, 0) is 71.3 Å². The van der Waals surface area contributed by atoms with E-state index in [1.807, 2.05) is 0 Å². The number of ether oxygens (including phenoxy) is 1. The van der Waals surface area contributed by atoms with Crippen LogP contribution in [0.3, 0.4) is 0 Å². The van der Waals surface area contributed by atoms with Crippen LogP contribution in [0.25, 0.3) is 0 Å². The maximum Gasteiger partial charge on any atom is 0.0685 e. The average molecular weight is 267 g/mol. The number of nitrogens with one attached hydrogen (secondary N) is 1. The van der Waals surface area contributed by atoms with Crippen LogP contribution in [0, 0.1) is 11.8 Å². The van der Waals surface area contributed by atoms with E-state index in [4.69, 9.17) is 4.74 Å².